The highest BCUT2D eigenvalue weighted by Gasteiger charge is 2.21. The average molecular weight is 443 g/mol. The van der Waals surface area contributed by atoms with Crippen LogP contribution in [-0.4, -0.2) is 59.1 Å². The van der Waals surface area contributed by atoms with Crippen molar-refractivity contribution < 1.29 is 42.6 Å². The molecule has 10 nitrogen and oxygen atoms in total. The summed E-state index contributed by atoms with van der Waals surface area (Å²) < 4.78 is 31.4. The second-order valence-electron chi connectivity index (χ2n) is 5.74. The second-order valence-corrected chi connectivity index (χ2v) is 7.19. The van der Waals surface area contributed by atoms with E-state index >= 15 is 0 Å². The molecule has 0 aliphatic rings. The lowest BCUT2D eigenvalue weighted by molar-refractivity contribution is -0.140. The Morgan fingerprint density at radius 1 is 1.07 bits per heavy atom. The molecule has 0 aliphatic carbocycles. The number of aldehydes is 1. The van der Waals surface area contributed by atoms with Crippen LogP contribution in [0.2, 0.25) is 0 Å². The van der Waals surface area contributed by atoms with Gasteiger partial charge < -0.3 is 33.0 Å². The molecule has 30 heavy (non-hydrogen) atoms. The van der Waals surface area contributed by atoms with Crippen molar-refractivity contribution in [3.63, 3.8) is 0 Å². The van der Waals surface area contributed by atoms with Gasteiger partial charge in [0, 0.05) is 19.3 Å². The molecule has 0 radical (unpaired) electrons. The molecule has 0 heterocycles. The molecule has 0 fully saturated rings. The zero-order valence-corrected chi connectivity index (χ0v) is 18.4. The molecule has 1 aromatic carbocycles. The topological polar surface area (TPSA) is 119 Å². The largest absolute Gasteiger partial charge is 0.493 e. The minimum atomic E-state index is -1.37. The summed E-state index contributed by atoms with van der Waals surface area (Å²) in [6.07, 6.45) is 2.92. The van der Waals surface area contributed by atoms with Crippen molar-refractivity contribution in [1.29, 1.82) is 0 Å². The summed E-state index contributed by atoms with van der Waals surface area (Å²) in [6.45, 7) is 1.60. The number of hydrogen-bond donors (Lipinski definition) is 1. The van der Waals surface area contributed by atoms with Gasteiger partial charge >= 0.3 is 11.9 Å². The molecule has 2 atom stereocenters. The molecular formula is C19H26NO9P. The Bertz CT molecular complexity index is 729. The van der Waals surface area contributed by atoms with E-state index in [0.717, 1.165) is 18.4 Å². The standard InChI is InChI=1S/C19H26NO9P/c1-13(10-21)20-30(12-24-2)29-19-15(25-3)8-14(9-16(19)26-4)11-28-18(23)7-6-17(22)27-5/h6-10,13,20H,11-12H2,1-5H3/b7-6+. The number of nitrogens with one attached hydrogen (secondary N) is 1. The fraction of sp³-hybridized carbons (Fsp3) is 0.421. The maximum absolute atomic E-state index is 11.7. The van der Waals surface area contributed by atoms with Gasteiger partial charge in [0.2, 0.25) is 5.75 Å². The van der Waals surface area contributed by atoms with Crippen molar-refractivity contribution in [2.45, 2.75) is 19.6 Å². The van der Waals surface area contributed by atoms with Gasteiger partial charge in [0.25, 0.3) is 0 Å². The van der Waals surface area contributed by atoms with Crippen LogP contribution in [0.15, 0.2) is 24.3 Å². The van der Waals surface area contributed by atoms with Gasteiger partial charge in [-0.1, -0.05) is 0 Å². The molecule has 1 N–H and O–H groups in total. The number of hydrogen-bond acceptors (Lipinski definition) is 10. The predicted octanol–water partition coefficient (Wildman–Crippen LogP) is 1.95. The average Bonchev–Trinajstić information content (AvgIpc) is 2.76. The van der Waals surface area contributed by atoms with E-state index in [1.54, 1.807) is 19.1 Å². The van der Waals surface area contributed by atoms with Crippen LogP contribution in [-0.2, 0) is 35.2 Å². The van der Waals surface area contributed by atoms with Crippen LogP contribution in [0.1, 0.15) is 12.5 Å². The van der Waals surface area contributed by atoms with Crippen LogP contribution in [0.5, 0.6) is 17.2 Å². The number of carbonyl (C=O) groups is 3. The Morgan fingerprint density at radius 2 is 1.67 bits per heavy atom. The third kappa shape index (κ3) is 8.36. The molecule has 166 valence electrons. The highest BCUT2D eigenvalue weighted by atomic mass is 31.2. The maximum atomic E-state index is 11.7. The Labute approximate surface area is 176 Å². The molecule has 0 saturated heterocycles. The summed E-state index contributed by atoms with van der Waals surface area (Å²) in [6, 6.07) is 2.82. The summed E-state index contributed by atoms with van der Waals surface area (Å²) in [5, 5.41) is 3.03. The lowest BCUT2D eigenvalue weighted by Gasteiger charge is -2.23. The molecule has 2 unspecified atom stereocenters. The second kappa shape index (κ2) is 13.5. The number of methoxy groups -OCH3 is 4. The molecule has 0 spiro atoms. The molecule has 0 aliphatic heterocycles. The lowest BCUT2D eigenvalue weighted by Crippen LogP contribution is -2.25. The third-order valence-corrected chi connectivity index (χ3v) is 5.05. The first kappa shape index (κ1) is 25.4. The minimum absolute atomic E-state index is 0.0927. The van der Waals surface area contributed by atoms with Crippen molar-refractivity contribution in [3.05, 3.63) is 29.8 Å². The van der Waals surface area contributed by atoms with E-state index in [1.165, 1.54) is 28.4 Å². The summed E-state index contributed by atoms with van der Waals surface area (Å²) in [7, 11) is 4.26. The van der Waals surface area contributed by atoms with Crippen molar-refractivity contribution in [2.75, 3.05) is 34.8 Å². The quantitative estimate of drug-likeness (QED) is 0.210. The summed E-state index contributed by atoms with van der Waals surface area (Å²) >= 11 is 0. The fourth-order valence-corrected chi connectivity index (χ4v) is 3.42. The Kier molecular flexibility index (Phi) is 11.4. The SMILES string of the molecule is COCP(NC(C)C=O)Oc1c(OC)cc(COC(=O)/C=C/C(=O)OC)cc1OC. The molecule has 0 aromatic heterocycles. The van der Waals surface area contributed by atoms with E-state index in [4.69, 9.17) is 23.5 Å². The van der Waals surface area contributed by atoms with Crippen LogP contribution >= 0.6 is 8.30 Å². The van der Waals surface area contributed by atoms with Crippen LogP contribution < -0.4 is 19.1 Å². The molecule has 0 saturated carbocycles. The van der Waals surface area contributed by atoms with Crippen molar-refractivity contribution >= 4 is 26.5 Å². The van der Waals surface area contributed by atoms with Gasteiger partial charge in [0.15, 0.2) is 19.8 Å². The zero-order chi connectivity index (χ0) is 22.5. The predicted molar refractivity (Wildman–Crippen MR) is 109 cm³/mol. The van der Waals surface area contributed by atoms with Gasteiger partial charge in [-0.3, -0.25) is 5.09 Å². The summed E-state index contributed by atoms with van der Waals surface area (Å²) in [5.41, 5.74) is 0.571. The van der Waals surface area contributed by atoms with E-state index in [0.29, 0.717) is 22.8 Å². The first-order valence-corrected chi connectivity index (χ1v) is 10.2. The zero-order valence-electron chi connectivity index (χ0n) is 17.5. The number of ether oxygens (including phenoxy) is 5. The summed E-state index contributed by atoms with van der Waals surface area (Å²) in [4.78, 5) is 33.7. The highest BCUT2D eigenvalue weighted by Crippen LogP contribution is 2.46. The molecule has 0 amide bonds. The lowest BCUT2D eigenvalue weighted by atomic mass is 10.2. The van der Waals surface area contributed by atoms with E-state index in [1.807, 2.05) is 0 Å². The molecule has 0 bridgehead atoms. The van der Waals surface area contributed by atoms with Crippen molar-refractivity contribution in [2.24, 2.45) is 0 Å². The van der Waals surface area contributed by atoms with Crippen LogP contribution in [0.25, 0.3) is 0 Å². The molecule has 1 rings (SSSR count). The molecule has 11 heteroatoms. The van der Waals surface area contributed by atoms with Gasteiger partial charge in [-0.15, -0.1) is 0 Å². The van der Waals surface area contributed by atoms with Gasteiger partial charge in [-0.05, 0) is 24.6 Å². The van der Waals surface area contributed by atoms with Gasteiger partial charge in [0.05, 0.1) is 27.4 Å². The number of benzene rings is 1. The Hall–Kier alpha value is -2.68. The van der Waals surface area contributed by atoms with E-state index < -0.39 is 26.3 Å². The number of carbonyl (C=O) groups excluding carboxylic acids is 3. The molecular weight excluding hydrogens is 417 g/mol. The monoisotopic (exact) mass is 443 g/mol. The first-order valence-electron chi connectivity index (χ1n) is 8.72. The Morgan fingerprint density at radius 3 is 2.17 bits per heavy atom. The fourth-order valence-electron chi connectivity index (χ4n) is 2.09. The van der Waals surface area contributed by atoms with Crippen LogP contribution in [0.4, 0.5) is 0 Å². The smallest absolute Gasteiger partial charge is 0.331 e. The maximum Gasteiger partial charge on any atom is 0.331 e. The third-order valence-electron chi connectivity index (χ3n) is 3.46. The van der Waals surface area contributed by atoms with Crippen LogP contribution in [0, 0.1) is 0 Å². The summed E-state index contributed by atoms with van der Waals surface area (Å²) in [5.74, 6) is -0.380. The first-order chi connectivity index (χ1) is 14.4. The van der Waals surface area contributed by atoms with E-state index in [2.05, 4.69) is 9.82 Å². The van der Waals surface area contributed by atoms with Gasteiger partial charge in [0.1, 0.15) is 19.2 Å². The van der Waals surface area contributed by atoms with Crippen molar-refractivity contribution in [1.82, 2.24) is 5.09 Å². The Balaban J connectivity index is 3.00. The van der Waals surface area contributed by atoms with Gasteiger partial charge in [-0.25, -0.2) is 9.59 Å². The van der Waals surface area contributed by atoms with E-state index in [-0.39, 0.29) is 13.0 Å². The van der Waals surface area contributed by atoms with Crippen molar-refractivity contribution in [3.8, 4) is 17.2 Å². The molecule has 1 aromatic rings. The highest BCUT2D eigenvalue weighted by molar-refractivity contribution is 7.50. The minimum Gasteiger partial charge on any atom is -0.493 e. The van der Waals surface area contributed by atoms with Crippen LogP contribution in [0.3, 0.4) is 0 Å². The van der Waals surface area contributed by atoms with Gasteiger partial charge in [-0.2, -0.15) is 0 Å². The normalized spacial score (nSPS) is 12.7. The van der Waals surface area contributed by atoms with E-state index in [9.17, 15) is 14.4 Å². The number of rotatable bonds is 13. The number of esters is 2.